The van der Waals surface area contributed by atoms with Crippen molar-refractivity contribution in [1.29, 1.82) is 0 Å². The molecule has 1 aromatic carbocycles. The fourth-order valence-corrected chi connectivity index (χ4v) is 2.35. The van der Waals surface area contributed by atoms with Crippen LogP contribution in [0.2, 0.25) is 0 Å². The van der Waals surface area contributed by atoms with Gasteiger partial charge in [0.05, 0.1) is 10.1 Å². The molecule has 0 fully saturated rings. The summed E-state index contributed by atoms with van der Waals surface area (Å²) in [5.41, 5.74) is -0.677. The topological polar surface area (TPSA) is 51.2 Å². The van der Waals surface area contributed by atoms with Crippen LogP contribution in [0.1, 0.15) is 24.2 Å². The van der Waals surface area contributed by atoms with Crippen LogP contribution >= 0.6 is 0 Å². The second-order valence-corrected chi connectivity index (χ2v) is 6.45. The molecule has 0 atom stereocenters. The molecule has 18 heavy (non-hydrogen) atoms. The van der Waals surface area contributed by atoms with Gasteiger partial charge in [0.1, 0.15) is 0 Å². The molecule has 7 heteroatoms. The van der Waals surface area contributed by atoms with Gasteiger partial charge in [-0.05, 0) is 26.0 Å². The number of hydrogen-bond donors (Lipinski definition) is 0. The van der Waals surface area contributed by atoms with Gasteiger partial charge in [-0.25, -0.2) is 8.42 Å². The molecule has 0 saturated heterocycles. The Morgan fingerprint density at radius 2 is 1.78 bits per heavy atom. The van der Waals surface area contributed by atoms with Crippen LogP contribution < -0.4 is 0 Å². The first kappa shape index (κ1) is 14.7. The summed E-state index contributed by atoms with van der Waals surface area (Å²) in [7, 11) is -3.70. The fraction of sp³-hybridized carbons (Fsp3) is 0.364. The van der Waals surface area contributed by atoms with E-state index < -0.39 is 32.6 Å². The summed E-state index contributed by atoms with van der Waals surface area (Å²) in [6.07, 6.45) is -5.01. The quantitative estimate of drug-likeness (QED) is 0.800. The number of hydrogen-bond acceptors (Lipinski definition) is 3. The van der Waals surface area contributed by atoms with Gasteiger partial charge in [-0.15, -0.1) is 0 Å². The molecule has 0 saturated carbocycles. The Morgan fingerprint density at radius 3 is 2.22 bits per heavy atom. The van der Waals surface area contributed by atoms with Crippen molar-refractivity contribution in [2.45, 2.75) is 30.2 Å². The Kier molecular flexibility index (Phi) is 3.85. The lowest BCUT2D eigenvalue weighted by Crippen LogP contribution is -2.23. The predicted molar refractivity (Wildman–Crippen MR) is 59.1 cm³/mol. The van der Waals surface area contributed by atoms with E-state index in [0.717, 1.165) is 18.2 Å². The zero-order valence-corrected chi connectivity index (χ0v) is 10.5. The maximum absolute atomic E-state index is 12.2. The standard InChI is InChI=1S/C11H11F3O3S/c1-7(2)18(16,17)9-5-3-4-8(6-9)10(15)11(12,13)14/h3-7H,1-2H3. The molecule has 0 aliphatic rings. The van der Waals surface area contributed by atoms with Crippen LogP contribution in [-0.4, -0.2) is 25.6 Å². The first-order chi connectivity index (χ1) is 8.06. The van der Waals surface area contributed by atoms with Gasteiger partial charge in [0, 0.05) is 5.56 Å². The highest BCUT2D eigenvalue weighted by atomic mass is 32.2. The number of sulfone groups is 1. The third-order valence-electron chi connectivity index (χ3n) is 2.30. The van der Waals surface area contributed by atoms with E-state index >= 15 is 0 Å². The minimum absolute atomic E-state index is 0.285. The second-order valence-electron chi connectivity index (χ2n) is 3.95. The monoisotopic (exact) mass is 280 g/mol. The summed E-state index contributed by atoms with van der Waals surface area (Å²) >= 11 is 0. The van der Waals surface area contributed by atoms with E-state index in [4.69, 9.17) is 0 Å². The Labute approximate surface area is 103 Å². The van der Waals surface area contributed by atoms with E-state index in [1.165, 1.54) is 19.9 Å². The number of rotatable bonds is 3. The van der Waals surface area contributed by atoms with Crippen molar-refractivity contribution in [2.75, 3.05) is 0 Å². The van der Waals surface area contributed by atoms with Crippen molar-refractivity contribution in [2.24, 2.45) is 0 Å². The Bertz CT molecular complexity index is 559. The van der Waals surface area contributed by atoms with Crippen LogP contribution in [0, 0.1) is 0 Å². The number of halogens is 3. The van der Waals surface area contributed by atoms with E-state index in [9.17, 15) is 26.4 Å². The molecule has 1 aromatic rings. The second kappa shape index (κ2) is 4.72. The largest absolute Gasteiger partial charge is 0.454 e. The lowest BCUT2D eigenvalue weighted by Gasteiger charge is -2.10. The zero-order chi connectivity index (χ0) is 14.1. The third kappa shape index (κ3) is 2.90. The van der Waals surface area contributed by atoms with Gasteiger partial charge < -0.3 is 0 Å². The minimum Gasteiger partial charge on any atom is -0.284 e. The molecule has 100 valence electrons. The molecular weight excluding hydrogens is 269 g/mol. The SMILES string of the molecule is CC(C)S(=O)(=O)c1cccc(C(=O)C(F)(F)F)c1. The van der Waals surface area contributed by atoms with Gasteiger partial charge in [0.25, 0.3) is 5.78 Å². The maximum atomic E-state index is 12.2. The third-order valence-corrected chi connectivity index (χ3v) is 4.46. The van der Waals surface area contributed by atoms with Crippen molar-refractivity contribution < 1.29 is 26.4 Å². The van der Waals surface area contributed by atoms with Crippen LogP contribution in [0.25, 0.3) is 0 Å². The summed E-state index contributed by atoms with van der Waals surface area (Å²) in [5, 5.41) is -0.770. The van der Waals surface area contributed by atoms with Crippen molar-refractivity contribution in [3.05, 3.63) is 29.8 Å². The number of alkyl halides is 3. The van der Waals surface area contributed by atoms with Crippen LogP contribution in [-0.2, 0) is 9.84 Å². The highest BCUT2D eigenvalue weighted by molar-refractivity contribution is 7.92. The molecule has 1 rings (SSSR count). The van der Waals surface area contributed by atoms with Crippen molar-refractivity contribution in [3.63, 3.8) is 0 Å². The molecule has 0 heterocycles. The zero-order valence-electron chi connectivity index (χ0n) is 9.65. The number of carbonyl (C=O) groups excluding carboxylic acids is 1. The Morgan fingerprint density at radius 1 is 1.22 bits per heavy atom. The summed E-state index contributed by atoms with van der Waals surface area (Å²) in [6.45, 7) is 2.82. The number of carbonyl (C=O) groups is 1. The molecule has 0 aromatic heterocycles. The predicted octanol–water partition coefficient (Wildman–Crippen LogP) is 2.61. The molecule has 0 unspecified atom stereocenters. The summed E-state index contributed by atoms with van der Waals surface area (Å²) in [6, 6.07) is 3.98. The van der Waals surface area contributed by atoms with E-state index in [2.05, 4.69) is 0 Å². The molecule has 0 N–H and O–H groups in total. The molecule has 3 nitrogen and oxygen atoms in total. The smallest absolute Gasteiger partial charge is 0.284 e. The van der Waals surface area contributed by atoms with E-state index in [1.54, 1.807) is 0 Å². The average Bonchev–Trinajstić information content (AvgIpc) is 2.26. The molecular formula is C11H11F3O3S. The van der Waals surface area contributed by atoms with Gasteiger partial charge in [0.15, 0.2) is 9.84 Å². The fourth-order valence-electron chi connectivity index (χ4n) is 1.25. The molecule has 0 amide bonds. The van der Waals surface area contributed by atoms with Crippen LogP contribution in [0.4, 0.5) is 13.2 Å². The Hall–Kier alpha value is -1.37. The van der Waals surface area contributed by atoms with Crippen molar-refractivity contribution in [3.8, 4) is 0 Å². The number of ketones is 1. The highest BCUT2D eigenvalue weighted by Gasteiger charge is 2.39. The molecule has 0 aliphatic carbocycles. The first-order valence-electron chi connectivity index (χ1n) is 5.02. The Balaban J connectivity index is 3.28. The van der Waals surface area contributed by atoms with E-state index in [1.807, 2.05) is 0 Å². The van der Waals surface area contributed by atoms with Gasteiger partial charge in [-0.2, -0.15) is 13.2 Å². The lowest BCUT2D eigenvalue weighted by atomic mass is 10.1. The number of Topliss-reactive ketones (excluding diaryl/α,β-unsaturated/α-hetero) is 1. The lowest BCUT2D eigenvalue weighted by molar-refractivity contribution is -0.0885. The summed E-state index contributed by atoms with van der Waals surface area (Å²) in [4.78, 5) is 10.7. The average molecular weight is 280 g/mol. The normalized spacial score (nSPS) is 12.8. The van der Waals surface area contributed by atoms with Crippen LogP contribution in [0.15, 0.2) is 29.2 Å². The summed E-state index contributed by atoms with van der Waals surface area (Å²) < 4.78 is 60.2. The first-order valence-corrected chi connectivity index (χ1v) is 6.57. The minimum atomic E-state index is -5.01. The number of benzene rings is 1. The van der Waals surface area contributed by atoms with Crippen LogP contribution in [0.5, 0.6) is 0 Å². The molecule has 0 radical (unpaired) electrons. The van der Waals surface area contributed by atoms with Crippen molar-refractivity contribution >= 4 is 15.6 Å². The summed E-state index contributed by atoms with van der Waals surface area (Å²) in [5.74, 6) is -2.05. The van der Waals surface area contributed by atoms with Crippen molar-refractivity contribution in [1.82, 2.24) is 0 Å². The van der Waals surface area contributed by atoms with E-state index in [-0.39, 0.29) is 4.90 Å². The highest BCUT2D eigenvalue weighted by Crippen LogP contribution is 2.24. The molecule has 0 aliphatic heterocycles. The van der Waals surface area contributed by atoms with Crippen LogP contribution in [0.3, 0.4) is 0 Å². The van der Waals surface area contributed by atoms with Gasteiger partial charge in [-0.1, -0.05) is 12.1 Å². The molecule has 0 bridgehead atoms. The molecule has 0 spiro atoms. The van der Waals surface area contributed by atoms with Gasteiger partial charge in [0.2, 0.25) is 0 Å². The van der Waals surface area contributed by atoms with E-state index in [0.29, 0.717) is 0 Å². The van der Waals surface area contributed by atoms with Gasteiger partial charge in [-0.3, -0.25) is 4.79 Å². The maximum Gasteiger partial charge on any atom is 0.454 e. The van der Waals surface area contributed by atoms with Gasteiger partial charge >= 0.3 is 6.18 Å².